The van der Waals surface area contributed by atoms with Gasteiger partial charge in [-0.05, 0) is 23.8 Å². The predicted octanol–water partition coefficient (Wildman–Crippen LogP) is 4.11. The molecule has 0 aromatic heterocycles. The number of benzene rings is 1. The number of halogens is 1. The summed E-state index contributed by atoms with van der Waals surface area (Å²) in [6, 6.07) is 7.52. The van der Waals surface area contributed by atoms with Crippen LogP contribution < -0.4 is 11.5 Å². The Kier molecular flexibility index (Phi) is 8.00. The second-order valence-electron chi connectivity index (χ2n) is 5.22. The highest BCUT2D eigenvalue weighted by atomic mass is 35.5. The van der Waals surface area contributed by atoms with Crippen LogP contribution in [0.3, 0.4) is 0 Å². The molecule has 1 rings (SSSR count). The van der Waals surface area contributed by atoms with Gasteiger partial charge in [0.05, 0.1) is 6.54 Å². The van der Waals surface area contributed by atoms with Gasteiger partial charge in [0, 0.05) is 16.1 Å². The molecule has 0 aliphatic rings. The smallest absolute Gasteiger partial charge is 0.120 e. The molecule has 4 N–H and O–H groups in total. The van der Waals surface area contributed by atoms with E-state index in [0.717, 1.165) is 11.3 Å². The van der Waals surface area contributed by atoms with E-state index in [1.807, 2.05) is 58.9 Å². The Bertz CT molecular complexity index is 454. The summed E-state index contributed by atoms with van der Waals surface area (Å²) in [6.45, 7) is 10.6. The van der Waals surface area contributed by atoms with E-state index in [9.17, 15) is 0 Å². The number of nitrogens with two attached hydrogens (primary N) is 2. The maximum Gasteiger partial charge on any atom is 0.120 e. The van der Waals surface area contributed by atoms with Crippen LogP contribution in [-0.4, -0.2) is 5.84 Å². The highest BCUT2D eigenvalue weighted by molar-refractivity contribution is 6.30. The standard InChI is InChI=1S/C14H20ClN3.C2H6/c1-14(2,3)12(16)8-13(17)18-9-10-4-6-11(15)7-5-10;1-2/h4-8H,9,16H2,1-3H3,(H2,17,18);1-2H3/b12-8-;. The first-order valence-corrected chi connectivity index (χ1v) is 7.19. The molecule has 0 amide bonds. The van der Waals surface area contributed by atoms with Gasteiger partial charge < -0.3 is 11.5 Å². The van der Waals surface area contributed by atoms with E-state index < -0.39 is 0 Å². The van der Waals surface area contributed by atoms with Crippen LogP contribution in [0.4, 0.5) is 0 Å². The molecule has 112 valence electrons. The lowest BCUT2D eigenvalue weighted by Gasteiger charge is -2.18. The van der Waals surface area contributed by atoms with Crippen LogP contribution in [0.15, 0.2) is 41.0 Å². The molecule has 0 aliphatic heterocycles. The van der Waals surface area contributed by atoms with Crippen molar-refractivity contribution in [3.8, 4) is 0 Å². The number of aliphatic imine (C=N–C) groups is 1. The van der Waals surface area contributed by atoms with Gasteiger partial charge >= 0.3 is 0 Å². The lowest BCUT2D eigenvalue weighted by molar-refractivity contribution is 0.498. The highest BCUT2D eigenvalue weighted by Gasteiger charge is 2.13. The van der Waals surface area contributed by atoms with Crippen molar-refractivity contribution in [3.63, 3.8) is 0 Å². The first-order chi connectivity index (χ1) is 9.29. The molecule has 0 spiro atoms. The monoisotopic (exact) mass is 295 g/mol. The summed E-state index contributed by atoms with van der Waals surface area (Å²) >= 11 is 5.81. The van der Waals surface area contributed by atoms with Crippen molar-refractivity contribution in [2.75, 3.05) is 0 Å². The van der Waals surface area contributed by atoms with Gasteiger partial charge in [-0.25, -0.2) is 0 Å². The maximum atomic E-state index is 5.92. The minimum Gasteiger partial charge on any atom is -0.401 e. The zero-order valence-corrected chi connectivity index (χ0v) is 13.8. The Morgan fingerprint density at radius 3 is 2.10 bits per heavy atom. The van der Waals surface area contributed by atoms with Crippen LogP contribution in [0.1, 0.15) is 40.2 Å². The summed E-state index contributed by atoms with van der Waals surface area (Å²) in [6.07, 6.45) is 1.72. The van der Waals surface area contributed by atoms with Crippen molar-refractivity contribution in [1.29, 1.82) is 0 Å². The molecule has 0 saturated carbocycles. The quantitative estimate of drug-likeness (QED) is 0.651. The van der Waals surface area contributed by atoms with Gasteiger partial charge in [-0.15, -0.1) is 0 Å². The molecule has 0 saturated heterocycles. The van der Waals surface area contributed by atoms with E-state index in [1.165, 1.54) is 0 Å². The molecule has 0 radical (unpaired) electrons. The van der Waals surface area contributed by atoms with E-state index >= 15 is 0 Å². The van der Waals surface area contributed by atoms with E-state index in [2.05, 4.69) is 4.99 Å². The van der Waals surface area contributed by atoms with Gasteiger partial charge in [-0.1, -0.05) is 58.4 Å². The number of rotatable bonds is 3. The summed E-state index contributed by atoms with van der Waals surface area (Å²) in [4.78, 5) is 4.27. The van der Waals surface area contributed by atoms with Crippen LogP contribution in [0.2, 0.25) is 5.02 Å². The van der Waals surface area contributed by atoms with Gasteiger partial charge in [-0.2, -0.15) is 0 Å². The number of amidine groups is 1. The van der Waals surface area contributed by atoms with Crippen molar-refractivity contribution in [1.82, 2.24) is 0 Å². The van der Waals surface area contributed by atoms with E-state index in [4.69, 9.17) is 23.1 Å². The summed E-state index contributed by atoms with van der Waals surface area (Å²) < 4.78 is 0. The number of nitrogens with zero attached hydrogens (tertiary/aromatic N) is 1. The number of hydrogen-bond donors (Lipinski definition) is 2. The Morgan fingerprint density at radius 2 is 1.65 bits per heavy atom. The number of hydrogen-bond acceptors (Lipinski definition) is 2. The average molecular weight is 296 g/mol. The van der Waals surface area contributed by atoms with Gasteiger partial charge in [0.2, 0.25) is 0 Å². The lowest BCUT2D eigenvalue weighted by atomic mass is 9.92. The first kappa shape index (κ1) is 18.5. The van der Waals surface area contributed by atoms with E-state index in [-0.39, 0.29) is 5.41 Å². The fraction of sp³-hybridized carbons (Fsp3) is 0.438. The third kappa shape index (κ3) is 7.19. The molecule has 0 unspecified atom stereocenters. The predicted molar refractivity (Wildman–Crippen MR) is 89.9 cm³/mol. The molecule has 20 heavy (non-hydrogen) atoms. The molecule has 1 aromatic rings. The zero-order valence-electron chi connectivity index (χ0n) is 13.1. The Morgan fingerprint density at radius 1 is 1.15 bits per heavy atom. The van der Waals surface area contributed by atoms with E-state index in [1.54, 1.807) is 6.08 Å². The van der Waals surface area contributed by atoms with Crippen molar-refractivity contribution in [3.05, 3.63) is 46.6 Å². The van der Waals surface area contributed by atoms with Crippen LogP contribution in [-0.2, 0) is 6.54 Å². The molecule has 4 heteroatoms. The average Bonchev–Trinajstić information content (AvgIpc) is 2.39. The van der Waals surface area contributed by atoms with Crippen molar-refractivity contribution >= 4 is 17.4 Å². The van der Waals surface area contributed by atoms with Crippen molar-refractivity contribution < 1.29 is 0 Å². The summed E-state index contributed by atoms with van der Waals surface area (Å²) in [5.41, 5.74) is 13.4. The summed E-state index contributed by atoms with van der Waals surface area (Å²) in [5.74, 6) is 0.442. The SMILES string of the molecule is CC.CC(C)(C)/C(N)=C/C(N)=NCc1ccc(Cl)cc1. The maximum absolute atomic E-state index is 5.92. The van der Waals surface area contributed by atoms with E-state index in [0.29, 0.717) is 17.4 Å². The lowest BCUT2D eigenvalue weighted by Crippen LogP contribution is -2.21. The fourth-order valence-electron chi connectivity index (χ4n) is 1.19. The van der Waals surface area contributed by atoms with Gasteiger partial charge in [0.25, 0.3) is 0 Å². The molecule has 1 aromatic carbocycles. The van der Waals surface area contributed by atoms with Gasteiger partial charge in [-0.3, -0.25) is 4.99 Å². The van der Waals surface area contributed by atoms with Crippen molar-refractivity contribution in [2.24, 2.45) is 21.9 Å². The van der Waals surface area contributed by atoms with Gasteiger partial charge in [0.15, 0.2) is 0 Å². The minimum absolute atomic E-state index is 0.0968. The highest BCUT2D eigenvalue weighted by Crippen LogP contribution is 2.20. The molecule has 3 nitrogen and oxygen atoms in total. The zero-order chi connectivity index (χ0) is 15.8. The second kappa shape index (κ2) is 8.64. The second-order valence-corrected chi connectivity index (χ2v) is 5.65. The summed E-state index contributed by atoms with van der Waals surface area (Å²) in [5, 5.41) is 0.715. The molecule has 0 heterocycles. The van der Waals surface area contributed by atoms with Gasteiger partial charge in [0.1, 0.15) is 5.84 Å². The van der Waals surface area contributed by atoms with Crippen LogP contribution in [0, 0.1) is 5.41 Å². The van der Waals surface area contributed by atoms with Crippen LogP contribution >= 0.6 is 11.6 Å². The molecular formula is C16H26ClN3. The molecular weight excluding hydrogens is 270 g/mol. The first-order valence-electron chi connectivity index (χ1n) is 6.81. The molecule has 0 fully saturated rings. The third-order valence-corrected chi connectivity index (χ3v) is 2.78. The Balaban J connectivity index is 0.00000172. The molecule has 0 atom stereocenters. The van der Waals surface area contributed by atoms with Crippen LogP contribution in [0.5, 0.6) is 0 Å². The fourth-order valence-corrected chi connectivity index (χ4v) is 1.32. The summed E-state index contributed by atoms with van der Waals surface area (Å²) in [7, 11) is 0. The molecule has 0 aliphatic carbocycles. The third-order valence-electron chi connectivity index (χ3n) is 2.53. The number of allylic oxidation sites excluding steroid dienone is 1. The largest absolute Gasteiger partial charge is 0.401 e. The normalized spacial score (nSPS) is 12.7. The van der Waals surface area contributed by atoms with Crippen molar-refractivity contribution in [2.45, 2.75) is 41.2 Å². The Labute approximate surface area is 127 Å². The molecule has 0 bridgehead atoms. The van der Waals surface area contributed by atoms with Crippen LogP contribution in [0.25, 0.3) is 0 Å². The minimum atomic E-state index is -0.0968. The Hall–Kier alpha value is -1.48. The topological polar surface area (TPSA) is 64.4 Å².